The Hall–Kier alpha value is -3.13. The summed E-state index contributed by atoms with van der Waals surface area (Å²) in [6, 6.07) is 8.69. The lowest BCUT2D eigenvalue weighted by molar-refractivity contribution is -0.122. The van der Waals surface area contributed by atoms with Crippen molar-refractivity contribution in [1.29, 1.82) is 0 Å². The number of likely N-dealkylation sites (tertiary alicyclic amines) is 1. The molecule has 0 spiro atoms. The molecule has 1 saturated heterocycles. The molecule has 2 aromatic carbocycles. The summed E-state index contributed by atoms with van der Waals surface area (Å²) in [5.41, 5.74) is 1.48. The smallest absolute Gasteiger partial charge is 0.410 e. The first-order valence-corrected chi connectivity index (χ1v) is 11.9. The predicted molar refractivity (Wildman–Crippen MR) is 131 cm³/mol. The van der Waals surface area contributed by atoms with E-state index < -0.39 is 17.7 Å². The molecule has 3 amide bonds. The Labute approximate surface area is 200 Å². The fourth-order valence-electron chi connectivity index (χ4n) is 4.70. The highest BCUT2D eigenvalue weighted by molar-refractivity contribution is 6.27. The minimum Gasteiger partial charge on any atom is -0.444 e. The zero-order chi connectivity index (χ0) is 24.5. The lowest BCUT2D eigenvalue weighted by Gasteiger charge is -2.35. The van der Waals surface area contributed by atoms with Crippen LogP contribution in [-0.2, 0) is 14.3 Å². The number of rotatable bonds is 6. The number of nitrogens with zero attached hydrogens (tertiary/aromatic N) is 2. The summed E-state index contributed by atoms with van der Waals surface area (Å²) in [6.07, 6.45) is 2.55. The Bertz CT molecular complexity index is 1110. The van der Waals surface area contributed by atoms with Gasteiger partial charge in [-0.05, 0) is 64.7 Å². The summed E-state index contributed by atoms with van der Waals surface area (Å²) in [7, 11) is 1.65. The molecule has 0 aliphatic carbocycles. The number of ether oxygens (including phenoxy) is 2. The molecule has 4 rings (SSSR count). The molecule has 8 nitrogen and oxygen atoms in total. The van der Waals surface area contributed by atoms with Crippen LogP contribution in [0.15, 0.2) is 30.3 Å². The van der Waals surface area contributed by atoms with E-state index in [1.807, 2.05) is 51.1 Å². The molecule has 0 aromatic heterocycles. The van der Waals surface area contributed by atoms with Crippen LogP contribution >= 0.6 is 0 Å². The van der Waals surface area contributed by atoms with Crippen LogP contribution in [0.25, 0.3) is 10.8 Å². The Kier molecular flexibility index (Phi) is 6.79. The number of amides is 3. The number of hydrogen-bond donors (Lipinski definition) is 1. The second-order valence-electron chi connectivity index (χ2n) is 9.84. The van der Waals surface area contributed by atoms with Gasteiger partial charge in [-0.25, -0.2) is 4.79 Å². The Balaban J connectivity index is 1.59. The number of benzene rings is 2. The summed E-state index contributed by atoms with van der Waals surface area (Å²) in [5, 5.41) is 4.68. The van der Waals surface area contributed by atoms with E-state index in [0.717, 1.165) is 35.7 Å². The van der Waals surface area contributed by atoms with E-state index in [9.17, 15) is 14.4 Å². The van der Waals surface area contributed by atoms with Crippen molar-refractivity contribution in [3.05, 3.63) is 35.9 Å². The van der Waals surface area contributed by atoms with Gasteiger partial charge >= 0.3 is 6.09 Å². The first-order chi connectivity index (χ1) is 16.2. The Morgan fingerprint density at radius 3 is 2.68 bits per heavy atom. The summed E-state index contributed by atoms with van der Waals surface area (Å²) in [5.74, 6) is -0.281. The van der Waals surface area contributed by atoms with Crippen LogP contribution in [0.3, 0.4) is 0 Å². The van der Waals surface area contributed by atoms with Gasteiger partial charge in [0.25, 0.3) is 5.91 Å². The number of piperidine rings is 1. The molecule has 0 saturated carbocycles. The van der Waals surface area contributed by atoms with Crippen LogP contribution in [-0.4, -0.2) is 61.3 Å². The Morgan fingerprint density at radius 2 is 1.94 bits per heavy atom. The first-order valence-electron chi connectivity index (χ1n) is 11.9. The molecule has 182 valence electrons. The lowest BCUT2D eigenvalue weighted by atomic mass is 10.0. The van der Waals surface area contributed by atoms with Gasteiger partial charge in [0.05, 0.1) is 5.69 Å². The van der Waals surface area contributed by atoms with Crippen molar-refractivity contribution in [2.45, 2.75) is 58.1 Å². The first kappa shape index (κ1) is 24.0. The van der Waals surface area contributed by atoms with E-state index in [2.05, 4.69) is 5.32 Å². The van der Waals surface area contributed by atoms with Crippen molar-refractivity contribution in [3.8, 4) is 0 Å². The summed E-state index contributed by atoms with van der Waals surface area (Å²) < 4.78 is 10.7. The van der Waals surface area contributed by atoms with Crippen molar-refractivity contribution in [3.63, 3.8) is 0 Å². The molecule has 1 unspecified atom stereocenters. The van der Waals surface area contributed by atoms with Crippen LogP contribution < -0.4 is 10.2 Å². The minimum atomic E-state index is -0.630. The standard InChI is InChI=1S/C26H33N3O5/c1-26(2,3)34-25(32)29-14-6-5-11-21(29)23(30)27-19-12-13-20-22-17(19)9-7-10-18(22)24(31)28(20)15-8-16-33-4/h7,9-10,12-13,21H,5-6,8,11,14-16H2,1-4H3,(H,27,30). The molecule has 2 aliphatic heterocycles. The monoisotopic (exact) mass is 467 g/mol. The van der Waals surface area contributed by atoms with Crippen LogP contribution in [0.4, 0.5) is 16.2 Å². The van der Waals surface area contributed by atoms with Gasteiger partial charge in [0.15, 0.2) is 0 Å². The topological polar surface area (TPSA) is 88.2 Å². The normalized spacial score (nSPS) is 17.9. The quantitative estimate of drug-likeness (QED) is 0.629. The third-order valence-electron chi connectivity index (χ3n) is 6.21. The maximum absolute atomic E-state index is 13.3. The molecule has 1 atom stereocenters. The van der Waals surface area contributed by atoms with Gasteiger partial charge in [0.1, 0.15) is 11.6 Å². The predicted octanol–water partition coefficient (Wildman–Crippen LogP) is 4.56. The minimum absolute atomic E-state index is 0.0384. The van der Waals surface area contributed by atoms with Crippen molar-refractivity contribution in [2.24, 2.45) is 0 Å². The average molecular weight is 468 g/mol. The van der Waals surface area contributed by atoms with Crippen molar-refractivity contribution in [1.82, 2.24) is 4.90 Å². The van der Waals surface area contributed by atoms with Gasteiger partial charge in [0.2, 0.25) is 5.91 Å². The zero-order valence-electron chi connectivity index (χ0n) is 20.3. The largest absolute Gasteiger partial charge is 0.444 e. The van der Waals surface area contributed by atoms with Crippen LogP contribution in [0.2, 0.25) is 0 Å². The summed E-state index contributed by atoms with van der Waals surface area (Å²) in [6.45, 7) is 7.08. The van der Waals surface area contributed by atoms with E-state index in [-0.39, 0.29) is 11.8 Å². The highest BCUT2D eigenvalue weighted by Crippen LogP contribution is 2.40. The number of methoxy groups -OCH3 is 1. The molecule has 2 aromatic rings. The van der Waals surface area contributed by atoms with Gasteiger partial charge < -0.3 is 19.7 Å². The molecule has 0 radical (unpaired) electrons. The summed E-state index contributed by atoms with van der Waals surface area (Å²) in [4.78, 5) is 42.4. The number of anilines is 2. The van der Waals surface area contributed by atoms with E-state index >= 15 is 0 Å². The van der Waals surface area contributed by atoms with E-state index in [4.69, 9.17) is 9.47 Å². The SMILES string of the molecule is COCCCN1C(=O)c2cccc3c(NC(=O)C4CCCCN4C(=O)OC(C)(C)C)ccc1c23. The summed E-state index contributed by atoms with van der Waals surface area (Å²) >= 11 is 0. The van der Waals surface area contributed by atoms with Crippen LogP contribution in [0.5, 0.6) is 0 Å². The number of carbonyl (C=O) groups is 3. The molecule has 34 heavy (non-hydrogen) atoms. The van der Waals surface area contributed by atoms with Crippen molar-refractivity contribution in [2.75, 3.05) is 37.0 Å². The highest BCUT2D eigenvalue weighted by Gasteiger charge is 2.36. The van der Waals surface area contributed by atoms with E-state index in [0.29, 0.717) is 37.4 Å². The fourth-order valence-corrected chi connectivity index (χ4v) is 4.70. The van der Waals surface area contributed by atoms with Gasteiger partial charge in [-0.15, -0.1) is 0 Å². The molecular weight excluding hydrogens is 434 g/mol. The van der Waals surface area contributed by atoms with Crippen LogP contribution in [0, 0.1) is 0 Å². The van der Waals surface area contributed by atoms with Gasteiger partial charge in [-0.2, -0.15) is 0 Å². The Morgan fingerprint density at radius 1 is 1.15 bits per heavy atom. The molecule has 1 fully saturated rings. The van der Waals surface area contributed by atoms with Crippen molar-refractivity contribution < 1.29 is 23.9 Å². The van der Waals surface area contributed by atoms with Gasteiger partial charge in [-0.3, -0.25) is 14.5 Å². The van der Waals surface area contributed by atoms with Gasteiger partial charge in [-0.1, -0.05) is 12.1 Å². The molecule has 8 heteroatoms. The fraction of sp³-hybridized carbons (Fsp3) is 0.500. The molecule has 2 heterocycles. The second-order valence-corrected chi connectivity index (χ2v) is 9.84. The maximum Gasteiger partial charge on any atom is 0.410 e. The third-order valence-corrected chi connectivity index (χ3v) is 6.21. The number of hydrogen-bond acceptors (Lipinski definition) is 5. The lowest BCUT2D eigenvalue weighted by Crippen LogP contribution is -2.51. The number of nitrogens with one attached hydrogen (secondary N) is 1. The molecular formula is C26H33N3O5. The third kappa shape index (κ3) is 4.73. The van der Waals surface area contributed by atoms with Crippen molar-refractivity contribution >= 4 is 40.1 Å². The van der Waals surface area contributed by atoms with E-state index in [1.54, 1.807) is 12.0 Å². The molecule has 1 N–H and O–H groups in total. The van der Waals surface area contributed by atoms with Crippen LogP contribution in [0.1, 0.15) is 56.8 Å². The second kappa shape index (κ2) is 9.62. The molecule has 0 bridgehead atoms. The van der Waals surface area contributed by atoms with E-state index in [1.165, 1.54) is 4.90 Å². The van der Waals surface area contributed by atoms with Gasteiger partial charge in [0, 0.05) is 48.8 Å². The molecule has 2 aliphatic rings. The average Bonchev–Trinajstić information content (AvgIpc) is 3.07. The zero-order valence-corrected chi connectivity index (χ0v) is 20.3. The maximum atomic E-state index is 13.3. The highest BCUT2D eigenvalue weighted by atomic mass is 16.6. The number of carbonyl (C=O) groups excluding carboxylic acids is 3.